The Morgan fingerprint density at radius 1 is 1.45 bits per heavy atom. The van der Waals surface area contributed by atoms with E-state index in [0.29, 0.717) is 6.04 Å². The van der Waals surface area contributed by atoms with E-state index >= 15 is 0 Å². The van der Waals surface area contributed by atoms with Crippen LogP contribution < -0.4 is 5.73 Å². The summed E-state index contributed by atoms with van der Waals surface area (Å²) in [6.45, 7) is 9.41. The summed E-state index contributed by atoms with van der Waals surface area (Å²) in [5.41, 5.74) is 6.99. The van der Waals surface area contributed by atoms with Gasteiger partial charge in [0.25, 0.3) is 5.69 Å². The van der Waals surface area contributed by atoms with Gasteiger partial charge in [0, 0.05) is 38.3 Å². The summed E-state index contributed by atoms with van der Waals surface area (Å²) in [6.07, 6.45) is 0. The van der Waals surface area contributed by atoms with Crippen molar-refractivity contribution >= 4 is 11.4 Å². The summed E-state index contributed by atoms with van der Waals surface area (Å²) in [5.74, 6) is 0. The molecule has 1 saturated heterocycles. The first-order chi connectivity index (χ1) is 9.51. The zero-order valence-electron chi connectivity index (χ0n) is 12.1. The Hall–Kier alpha value is -1.66. The first kappa shape index (κ1) is 14.7. The number of nitrogens with zero attached hydrogens (tertiary/aromatic N) is 3. The molecule has 1 aromatic rings. The lowest BCUT2D eigenvalue weighted by atomic mass is 10.1. The molecule has 1 fully saturated rings. The first-order valence-electron chi connectivity index (χ1n) is 7.00. The van der Waals surface area contributed by atoms with Crippen LogP contribution in [-0.2, 0) is 6.54 Å². The highest BCUT2D eigenvalue weighted by Crippen LogP contribution is 2.23. The Morgan fingerprint density at radius 2 is 2.20 bits per heavy atom. The molecule has 0 spiro atoms. The van der Waals surface area contributed by atoms with E-state index in [4.69, 9.17) is 5.73 Å². The van der Waals surface area contributed by atoms with Crippen LogP contribution in [0.2, 0.25) is 0 Å². The second-order valence-electron chi connectivity index (χ2n) is 5.36. The fourth-order valence-electron chi connectivity index (χ4n) is 2.81. The van der Waals surface area contributed by atoms with Crippen LogP contribution in [0.3, 0.4) is 0 Å². The van der Waals surface area contributed by atoms with E-state index in [-0.39, 0.29) is 11.4 Å². The van der Waals surface area contributed by atoms with Gasteiger partial charge >= 0.3 is 0 Å². The monoisotopic (exact) mass is 278 g/mol. The number of rotatable bonds is 4. The number of piperazine rings is 1. The number of nitro groups is 1. The second-order valence-corrected chi connectivity index (χ2v) is 5.36. The van der Waals surface area contributed by atoms with Gasteiger partial charge in [-0.3, -0.25) is 19.9 Å². The van der Waals surface area contributed by atoms with Gasteiger partial charge < -0.3 is 5.73 Å². The number of nitro benzene ring substituents is 1. The SMILES string of the molecule is CCN1CCN(Cc2ccc([N+](=O)[O-])c(N)c2)CC1C. The third-order valence-corrected chi connectivity index (χ3v) is 3.95. The number of nitrogens with two attached hydrogens (primary N) is 1. The summed E-state index contributed by atoms with van der Waals surface area (Å²) >= 11 is 0. The predicted molar refractivity (Wildman–Crippen MR) is 79.5 cm³/mol. The molecule has 0 saturated carbocycles. The van der Waals surface area contributed by atoms with Crippen molar-refractivity contribution in [2.24, 2.45) is 0 Å². The van der Waals surface area contributed by atoms with Crippen molar-refractivity contribution in [2.45, 2.75) is 26.4 Å². The lowest BCUT2D eigenvalue weighted by Gasteiger charge is -2.39. The number of benzene rings is 1. The van der Waals surface area contributed by atoms with E-state index in [9.17, 15) is 10.1 Å². The fourth-order valence-corrected chi connectivity index (χ4v) is 2.81. The minimum Gasteiger partial charge on any atom is -0.393 e. The molecule has 110 valence electrons. The van der Waals surface area contributed by atoms with Gasteiger partial charge in [-0.25, -0.2) is 0 Å². The van der Waals surface area contributed by atoms with Gasteiger partial charge in [-0.2, -0.15) is 0 Å². The molecule has 1 atom stereocenters. The highest BCUT2D eigenvalue weighted by atomic mass is 16.6. The van der Waals surface area contributed by atoms with Crippen LogP contribution in [0.1, 0.15) is 19.4 Å². The van der Waals surface area contributed by atoms with Crippen molar-refractivity contribution in [3.63, 3.8) is 0 Å². The third kappa shape index (κ3) is 3.26. The van der Waals surface area contributed by atoms with Gasteiger partial charge in [0.05, 0.1) is 4.92 Å². The van der Waals surface area contributed by atoms with Crippen LogP contribution in [0.25, 0.3) is 0 Å². The maximum atomic E-state index is 10.7. The topological polar surface area (TPSA) is 75.6 Å². The van der Waals surface area contributed by atoms with Gasteiger partial charge in [0.2, 0.25) is 0 Å². The molecule has 0 amide bonds. The maximum absolute atomic E-state index is 10.7. The van der Waals surface area contributed by atoms with Crippen LogP contribution >= 0.6 is 0 Å². The average molecular weight is 278 g/mol. The number of hydrogen-bond acceptors (Lipinski definition) is 5. The van der Waals surface area contributed by atoms with Crippen molar-refractivity contribution in [1.29, 1.82) is 0 Å². The molecule has 6 nitrogen and oxygen atoms in total. The Bertz CT molecular complexity index is 492. The molecule has 1 aromatic carbocycles. The van der Waals surface area contributed by atoms with E-state index in [1.54, 1.807) is 12.1 Å². The fraction of sp³-hybridized carbons (Fsp3) is 0.571. The zero-order valence-corrected chi connectivity index (χ0v) is 12.1. The largest absolute Gasteiger partial charge is 0.393 e. The molecule has 6 heteroatoms. The van der Waals surface area contributed by atoms with Crippen molar-refractivity contribution < 1.29 is 4.92 Å². The van der Waals surface area contributed by atoms with E-state index in [1.807, 2.05) is 0 Å². The smallest absolute Gasteiger partial charge is 0.292 e. The van der Waals surface area contributed by atoms with Crippen LogP contribution in [0.5, 0.6) is 0 Å². The number of anilines is 1. The van der Waals surface area contributed by atoms with E-state index in [1.165, 1.54) is 6.07 Å². The minimum absolute atomic E-state index is 0.0158. The summed E-state index contributed by atoms with van der Waals surface area (Å²) in [6, 6.07) is 5.56. The van der Waals surface area contributed by atoms with Crippen molar-refractivity contribution in [1.82, 2.24) is 9.80 Å². The summed E-state index contributed by atoms with van der Waals surface area (Å²) in [4.78, 5) is 15.1. The van der Waals surface area contributed by atoms with E-state index < -0.39 is 4.92 Å². The standard InChI is InChI=1S/C14H22N4O2/c1-3-17-7-6-16(9-11(17)2)10-12-4-5-14(18(19)20)13(15)8-12/h4-5,8,11H,3,6-7,9-10,15H2,1-2H3. The molecule has 0 aliphatic carbocycles. The molecular formula is C14H22N4O2. The molecule has 2 rings (SSSR count). The Morgan fingerprint density at radius 3 is 2.75 bits per heavy atom. The van der Waals surface area contributed by atoms with Crippen molar-refractivity contribution in [3.8, 4) is 0 Å². The predicted octanol–water partition coefficient (Wildman–Crippen LogP) is 1.70. The number of nitrogen functional groups attached to an aromatic ring is 1. The van der Waals surface area contributed by atoms with Crippen LogP contribution in [0.15, 0.2) is 18.2 Å². The molecule has 0 bridgehead atoms. The normalized spacial score (nSPS) is 21.0. The van der Waals surface area contributed by atoms with E-state index in [2.05, 4.69) is 23.6 Å². The summed E-state index contributed by atoms with van der Waals surface area (Å²) in [7, 11) is 0. The lowest BCUT2D eigenvalue weighted by Crippen LogP contribution is -2.51. The molecule has 20 heavy (non-hydrogen) atoms. The second kappa shape index (κ2) is 6.19. The van der Waals surface area contributed by atoms with Crippen molar-refractivity contribution in [2.75, 3.05) is 31.9 Å². The molecule has 1 heterocycles. The van der Waals surface area contributed by atoms with Crippen LogP contribution in [-0.4, -0.2) is 46.9 Å². The number of likely N-dealkylation sites (N-methyl/N-ethyl adjacent to an activating group) is 1. The minimum atomic E-state index is -0.443. The quantitative estimate of drug-likeness (QED) is 0.515. The van der Waals surface area contributed by atoms with Gasteiger partial charge in [-0.05, 0) is 25.1 Å². The van der Waals surface area contributed by atoms with Gasteiger partial charge in [-0.15, -0.1) is 0 Å². The Kier molecular flexibility index (Phi) is 4.57. The summed E-state index contributed by atoms with van der Waals surface area (Å²) < 4.78 is 0. The highest BCUT2D eigenvalue weighted by Gasteiger charge is 2.22. The maximum Gasteiger partial charge on any atom is 0.292 e. The first-order valence-corrected chi connectivity index (χ1v) is 7.00. The van der Waals surface area contributed by atoms with E-state index in [0.717, 1.165) is 38.3 Å². The van der Waals surface area contributed by atoms with Crippen molar-refractivity contribution in [3.05, 3.63) is 33.9 Å². The van der Waals surface area contributed by atoms with Crippen LogP contribution in [0.4, 0.5) is 11.4 Å². The van der Waals surface area contributed by atoms with Gasteiger partial charge in [0.15, 0.2) is 0 Å². The Labute approximate surface area is 119 Å². The zero-order chi connectivity index (χ0) is 14.7. The molecule has 2 N–H and O–H groups in total. The molecule has 0 radical (unpaired) electrons. The Balaban J connectivity index is 2.01. The third-order valence-electron chi connectivity index (χ3n) is 3.95. The molecule has 0 aromatic heterocycles. The molecular weight excluding hydrogens is 256 g/mol. The summed E-state index contributed by atoms with van der Waals surface area (Å²) in [5, 5.41) is 10.7. The highest BCUT2D eigenvalue weighted by molar-refractivity contribution is 5.59. The molecule has 1 aliphatic rings. The van der Waals surface area contributed by atoms with Crippen LogP contribution in [0, 0.1) is 10.1 Å². The van der Waals surface area contributed by atoms with Gasteiger partial charge in [0.1, 0.15) is 5.69 Å². The van der Waals surface area contributed by atoms with Gasteiger partial charge in [-0.1, -0.05) is 13.0 Å². The lowest BCUT2D eigenvalue weighted by molar-refractivity contribution is -0.383. The molecule has 1 unspecified atom stereocenters. The average Bonchev–Trinajstić information content (AvgIpc) is 2.38. The number of hydrogen-bond donors (Lipinski definition) is 1. The molecule has 1 aliphatic heterocycles.